The molecule has 4 heteroatoms. The molecular weight excluding hydrogens is 302 g/mol. The Balaban J connectivity index is 2.29. The number of halogens is 1. The van der Waals surface area contributed by atoms with E-state index in [1.807, 2.05) is 22.8 Å². The molecule has 0 saturated carbocycles. The van der Waals surface area contributed by atoms with Crippen molar-refractivity contribution in [3.63, 3.8) is 0 Å². The molecule has 0 spiro atoms. The Kier molecular flexibility index (Phi) is 2.82. The first-order valence-electron chi connectivity index (χ1n) is 6.07. The second-order valence-electron chi connectivity index (χ2n) is 4.73. The fraction of sp³-hybridized carbons (Fsp3) is 0.133. The van der Waals surface area contributed by atoms with Crippen molar-refractivity contribution in [3.05, 3.63) is 52.0 Å². The Labute approximate surface area is 120 Å². The summed E-state index contributed by atoms with van der Waals surface area (Å²) in [5.74, 6) is 0.516. The first kappa shape index (κ1) is 12.2. The molecule has 1 aromatic heterocycles. The number of aromatic nitrogens is 2. The maximum Gasteiger partial charge on any atom is 0.205 e. The van der Waals surface area contributed by atoms with Gasteiger partial charge >= 0.3 is 0 Å². The number of nitrogens with two attached hydrogens (primary N) is 1. The molecule has 3 nitrogen and oxygen atoms in total. The molecule has 96 valence electrons. The molecule has 3 rings (SSSR count). The third kappa shape index (κ3) is 2.02. The van der Waals surface area contributed by atoms with Gasteiger partial charge in [-0.1, -0.05) is 22.0 Å². The molecule has 0 aliphatic heterocycles. The topological polar surface area (TPSA) is 43.8 Å². The number of fused-ring (bicyclic) bond motifs is 1. The first-order chi connectivity index (χ1) is 9.06. The maximum absolute atomic E-state index is 6.06. The Bertz CT molecular complexity index is 774. The van der Waals surface area contributed by atoms with Crippen LogP contribution in [0.4, 0.5) is 5.95 Å². The molecule has 0 unspecified atom stereocenters. The van der Waals surface area contributed by atoms with Gasteiger partial charge in [-0.3, -0.25) is 4.57 Å². The van der Waals surface area contributed by atoms with Gasteiger partial charge in [0.15, 0.2) is 0 Å². The van der Waals surface area contributed by atoms with Crippen molar-refractivity contribution in [2.75, 3.05) is 5.73 Å². The maximum atomic E-state index is 6.06. The lowest BCUT2D eigenvalue weighted by Crippen LogP contribution is -2.00. The quantitative estimate of drug-likeness (QED) is 0.738. The summed E-state index contributed by atoms with van der Waals surface area (Å²) in [6.07, 6.45) is 0. The summed E-state index contributed by atoms with van der Waals surface area (Å²) in [6.45, 7) is 4.12. The average molecular weight is 316 g/mol. The zero-order valence-electron chi connectivity index (χ0n) is 10.8. The van der Waals surface area contributed by atoms with Crippen LogP contribution in [0.5, 0.6) is 0 Å². The number of hydrogen-bond acceptors (Lipinski definition) is 2. The normalized spacial score (nSPS) is 11.1. The van der Waals surface area contributed by atoms with Gasteiger partial charge in [0, 0.05) is 10.2 Å². The number of rotatable bonds is 1. The number of nitrogen functional groups attached to an aromatic ring is 1. The molecule has 0 aliphatic rings. The van der Waals surface area contributed by atoms with Crippen molar-refractivity contribution in [3.8, 4) is 5.69 Å². The van der Waals surface area contributed by atoms with Crippen LogP contribution in [0, 0.1) is 13.8 Å². The van der Waals surface area contributed by atoms with Gasteiger partial charge in [-0.05, 0) is 55.3 Å². The first-order valence-corrected chi connectivity index (χ1v) is 6.86. The summed E-state index contributed by atoms with van der Waals surface area (Å²) in [5.41, 5.74) is 11.4. The van der Waals surface area contributed by atoms with Crippen LogP contribution in [0.2, 0.25) is 0 Å². The Morgan fingerprint density at radius 1 is 1.11 bits per heavy atom. The molecule has 0 aliphatic carbocycles. The minimum atomic E-state index is 0.516. The lowest BCUT2D eigenvalue weighted by Gasteiger charge is -2.08. The molecule has 0 saturated heterocycles. The number of benzene rings is 2. The van der Waals surface area contributed by atoms with Gasteiger partial charge in [0.25, 0.3) is 0 Å². The number of nitrogens with zero attached hydrogens (tertiary/aromatic N) is 2. The van der Waals surface area contributed by atoms with E-state index < -0.39 is 0 Å². The highest BCUT2D eigenvalue weighted by Crippen LogP contribution is 2.26. The van der Waals surface area contributed by atoms with Crippen LogP contribution in [-0.2, 0) is 0 Å². The highest BCUT2D eigenvalue weighted by Gasteiger charge is 2.10. The van der Waals surface area contributed by atoms with Gasteiger partial charge in [-0.15, -0.1) is 0 Å². The lowest BCUT2D eigenvalue weighted by atomic mass is 10.2. The zero-order chi connectivity index (χ0) is 13.6. The SMILES string of the molecule is Cc1ccc2c(c1)nc(N)n2-c1ccc(Br)c(C)c1. The predicted octanol–water partition coefficient (Wildman–Crippen LogP) is 3.99. The van der Waals surface area contributed by atoms with Gasteiger partial charge < -0.3 is 5.73 Å². The molecule has 1 heterocycles. The molecule has 2 aromatic carbocycles. The summed E-state index contributed by atoms with van der Waals surface area (Å²) < 4.78 is 3.07. The fourth-order valence-electron chi connectivity index (χ4n) is 2.25. The third-order valence-corrected chi connectivity index (χ3v) is 4.13. The number of hydrogen-bond donors (Lipinski definition) is 1. The van der Waals surface area contributed by atoms with Crippen LogP contribution in [0.3, 0.4) is 0 Å². The lowest BCUT2D eigenvalue weighted by molar-refractivity contribution is 1.10. The Hall–Kier alpha value is -1.81. The van der Waals surface area contributed by atoms with E-state index in [2.05, 4.69) is 53.0 Å². The second kappa shape index (κ2) is 4.38. The van der Waals surface area contributed by atoms with Crippen molar-refractivity contribution in [2.24, 2.45) is 0 Å². The summed E-state index contributed by atoms with van der Waals surface area (Å²) in [6, 6.07) is 12.4. The van der Waals surface area contributed by atoms with Crippen LogP contribution in [0.1, 0.15) is 11.1 Å². The minimum absolute atomic E-state index is 0.516. The van der Waals surface area contributed by atoms with Crippen molar-refractivity contribution in [1.82, 2.24) is 9.55 Å². The monoisotopic (exact) mass is 315 g/mol. The van der Waals surface area contributed by atoms with E-state index in [1.54, 1.807) is 0 Å². The molecule has 2 N–H and O–H groups in total. The van der Waals surface area contributed by atoms with E-state index in [9.17, 15) is 0 Å². The average Bonchev–Trinajstić information content (AvgIpc) is 2.68. The van der Waals surface area contributed by atoms with E-state index in [-0.39, 0.29) is 0 Å². The van der Waals surface area contributed by atoms with Crippen molar-refractivity contribution >= 4 is 32.9 Å². The number of imidazole rings is 1. The van der Waals surface area contributed by atoms with Crippen molar-refractivity contribution in [1.29, 1.82) is 0 Å². The van der Waals surface area contributed by atoms with Gasteiger partial charge in [0.05, 0.1) is 11.0 Å². The van der Waals surface area contributed by atoms with Crippen molar-refractivity contribution < 1.29 is 0 Å². The molecule has 0 atom stereocenters. The standard InChI is InChI=1S/C15H14BrN3/c1-9-3-6-14-13(7-9)18-15(17)19(14)11-4-5-12(16)10(2)8-11/h3-8H,1-2H3,(H2,17,18). The smallest absolute Gasteiger partial charge is 0.205 e. The Morgan fingerprint density at radius 2 is 1.89 bits per heavy atom. The van der Waals surface area contributed by atoms with Crippen LogP contribution in [0.25, 0.3) is 16.7 Å². The van der Waals surface area contributed by atoms with Crippen LogP contribution in [0.15, 0.2) is 40.9 Å². The summed E-state index contributed by atoms with van der Waals surface area (Å²) in [7, 11) is 0. The summed E-state index contributed by atoms with van der Waals surface area (Å²) in [4.78, 5) is 4.43. The van der Waals surface area contributed by atoms with E-state index in [4.69, 9.17) is 5.73 Å². The molecular formula is C15H14BrN3. The predicted molar refractivity (Wildman–Crippen MR) is 82.7 cm³/mol. The second-order valence-corrected chi connectivity index (χ2v) is 5.59. The van der Waals surface area contributed by atoms with Gasteiger partial charge in [-0.2, -0.15) is 0 Å². The van der Waals surface area contributed by atoms with Gasteiger partial charge in [0.2, 0.25) is 5.95 Å². The van der Waals surface area contributed by atoms with Crippen LogP contribution >= 0.6 is 15.9 Å². The van der Waals surface area contributed by atoms with Crippen molar-refractivity contribution in [2.45, 2.75) is 13.8 Å². The molecule has 3 aromatic rings. The molecule has 0 amide bonds. The number of aryl methyl sites for hydroxylation is 2. The van der Waals surface area contributed by atoms with Crippen LogP contribution in [-0.4, -0.2) is 9.55 Å². The highest BCUT2D eigenvalue weighted by atomic mass is 79.9. The van der Waals surface area contributed by atoms with E-state index in [0.717, 1.165) is 21.2 Å². The highest BCUT2D eigenvalue weighted by molar-refractivity contribution is 9.10. The summed E-state index contributed by atoms with van der Waals surface area (Å²) >= 11 is 3.51. The van der Waals surface area contributed by atoms with Gasteiger partial charge in [-0.25, -0.2) is 4.98 Å². The largest absolute Gasteiger partial charge is 0.369 e. The fourth-order valence-corrected chi connectivity index (χ4v) is 2.49. The zero-order valence-corrected chi connectivity index (χ0v) is 12.4. The van der Waals surface area contributed by atoms with E-state index in [1.165, 1.54) is 11.1 Å². The minimum Gasteiger partial charge on any atom is -0.369 e. The van der Waals surface area contributed by atoms with Crippen LogP contribution < -0.4 is 5.73 Å². The van der Waals surface area contributed by atoms with E-state index >= 15 is 0 Å². The molecule has 0 bridgehead atoms. The Morgan fingerprint density at radius 3 is 2.63 bits per heavy atom. The number of anilines is 1. The molecule has 0 fully saturated rings. The molecule has 0 radical (unpaired) electrons. The summed E-state index contributed by atoms with van der Waals surface area (Å²) in [5, 5.41) is 0. The third-order valence-electron chi connectivity index (χ3n) is 3.24. The molecule has 19 heavy (non-hydrogen) atoms. The van der Waals surface area contributed by atoms with Gasteiger partial charge in [0.1, 0.15) is 0 Å². The van der Waals surface area contributed by atoms with E-state index in [0.29, 0.717) is 5.95 Å².